The first-order chi connectivity index (χ1) is 14.7. The minimum Gasteiger partial charge on any atom is -0.457 e. The molecule has 7 heteroatoms. The van der Waals surface area contributed by atoms with Gasteiger partial charge in [0.25, 0.3) is 5.56 Å². The fourth-order valence-electron chi connectivity index (χ4n) is 2.98. The lowest BCUT2D eigenvalue weighted by molar-refractivity contribution is 0.571. The van der Waals surface area contributed by atoms with E-state index in [-0.39, 0.29) is 5.56 Å². The Hall–Kier alpha value is -3.48. The zero-order chi connectivity index (χ0) is 20.5. The van der Waals surface area contributed by atoms with Crippen LogP contribution in [0.4, 0.5) is 0 Å². The number of hydrogen-bond donors (Lipinski definition) is 0. The smallest absolute Gasteiger partial charge is 0.291 e. The molecule has 0 fully saturated rings. The van der Waals surface area contributed by atoms with Gasteiger partial charge in [0.1, 0.15) is 16.1 Å². The molecule has 0 aliphatic rings. The molecule has 30 heavy (non-hydrogen) atoms. The number of furan rings is 1. The van der Waals surface area contributed by atoms with Gasteiger partial charge in [0.05, 0.1) is 0 Å². The molecule has 2 aromatic carbocycles. The monoisotopic (exact) mass is 431 g/mol. The molecular weight excluding hydrogens is 418 g/mol. The van der Waals surface area contributed by atoms with Crippen LogP contribution in [-0.4, -0.2) is 14.6 Å². The zero-order valence-electron chi connectivity index (χ0n) is 15.5. The standard InChI is InChI=1S/C23H14ClN3O2S/c24-17-9-7-16(8-10-17)19-12-11-18(29-19)14-20-22(28)27-23(30-20)25-21(26-27)13-6-15-4-2-1-3-5-15/h1-14H. The topological polar surface area (TPSA) is 60.4 Å². The van der Waals surface area contributed by atoms with Crippen molar-refractivity contribution < 1.29 is 4.42 Å². The molecule has 0 aliphatic heterocycles. The molecule has 3 aromatic heterocycles. The predicted molar refractivity (Wildman–Crippen MR) is 120 cm³/mol. The number of thiazole rings is 1. The van der Waals surface area contributed by atoms with E-state index in [2.05, 4.69) is 10.1 Å². The van der Waals surface area contributed by atoms with Crippen LogP contribution in [0.15, 0.2) is 75.9 Å². The second kappa shape index (κ2) is 7.74. The molecule has 0 aliphatic carbocycles. The lowest BCUT2D eigenvalue weighted by Gasteiger charge is -1.96. The Morgan fingerprint density at radius 3 is 2.53 bits per heavy atom. The van der Waals surface area contributed by atoms with Gasteiger partial charge in [-0.05, 0) is 48.0 Å². The molecule has 0 unspecified atom stereocenters. The maximum absolute atomic E-state index is 12.7. The van der Waals surface area contributed by atoms with Crippen molar-refractivity contribution in [3.63, 3.8) is 0 Å². The maximum Gasteiger partial charge on any atom is 0.291 e. The molecule has 0 atom stereocenters. The summed E-state index contributed by atoms with van der Waals surface area (Å²) in [5.41, 5.74) is 1.74. The third-order valence-corrected chi connectivity index (χ3v) is 5.66. The lowest BCUT2D eigenvalue weighted by Crippen LogP contribution is -2.23. The van der Waals surface area contributed by atoms with Crippen LogP contribution in [0.2, 0.25) is 5.02 Å². The summed E-state index contributed by atoms with van der Waals surface area (Å²) in [6.07, 6.45) is 5.42. The lowest BCUT2D eigenvalue weighted by atomic mass is 10.2. The Bertz CT molecular complexity index is 1460. The summed E-state index contributed by atoms with van der Waals surface area (Å²) in [6, 6.07) is 20.9. The molecule has 0 amide bonds. The quantitative estimate of drug-likeness (QED) is 0.410. The van der Waals surface area contributed by atoms with Crippen molar-refractivity contribution >= 4 is 46.1 Å². The molecule has 146 valence electrons. The first kappa shape index (κ1) is 18.5. The van der Waals surface area contributed by atoms with E-state index in [0.717, 1.165) is 11.1 Å². The number of rotatable bonds is 4. The molecular formula is C23H14ClN3O2S. The van der Waals surface area contributed by atoms with Gasteiger partial charge in [-0.2, -0.15) is 9.50 Å². The SMILES string of the molecule is O=c1c(=Cc2ccc(-c3ccc(Cl)cc3)o2)sc2nc(C=Cc3ccccc3)nn12. The van der Waals surface area contributed by atoms with Crippen molar-refractivity contribution in [1.29, 1.82) is 0 Å². The number of benzene rings is 2. The summed E-state index contributed by atoms with van der Waals surface area (Å²) in [6.45, 7) is 0. The van der Waals surface area contributed by atoms with Gasteiger partial charge in [0.2, 0.25) is 4.96 Å². The second-order valence-corrected chi connectivity index (χ2v) is 7.98. The van der Waals surface area contributed by atoms with Crippen LogP contribution in [0.5, 0.6) is 0 Å². The molecule has 0 radical (unpaired) electrons. The van der Waals surface area contributed by atoms with E-state index < -0.39 is 0 Å². The average Bonchev–Trinajstić information content (AvgIpc) is 3.46. The van der Waals surface area contributed by atoms with Crippen LogP contribution >= 0.6 is 22.9 Å². The Morgan fingerprint density at radius 1 is 0.967 bits per heavy atom. The van der Waals surface area contributed by atoms with E-state index in [1.54, 1.807) is 12.2 Å². The third-order valence-electron chi connectivity index (χ3n) is 4.45. The Balaban J connectivity index is 1.44. The number of halogens is 1. The highest BCUT2D eigenvalue weighted by atomic mass is 35.5. The Morgan fingerprint density at radius 2 is 1.77 bits per heavy atom. The van der Waals surface area contributed by atoms with E-state index in [1.807, 2.05) is 72.8 Å². The fourth-order valence-corrected chi connectivity index (χ4v) is 4.00. The van der Waals surface area contributed by atoms with Gasteiger partial charge in [0.15, 0.2) is 5.82 Å². The van der Waals surface area contributed by atoms with Crippen molar-refractivity contribution in [2.45, 2.75) is 0 Å². The predicted octanol–water partition coefficient (Wildman–Crippen LogP) is 4.78. The number of nitrogens with zero attached hydrogens (tertiary/aromatic N) is 3. The Labute approximate surface area is 180 Å². The molecule has 0 spiro atoms. The van der Waals surface area contributed by atoms with E-state index in [0.29, 0.717) is 31.9 Å². The first-order valence-electron chi connectivity index (χ1n) is 9.16. The van der Waals surface area contributed by atoms with Crippen LogP contribution in [0.25, 0.3) is 34.5 Å². The van der Waals surface area contributed by atoms with E-state index >= 15 is 0 Å². The summed E-state index contributed by atoms with van der Waals surface area (Å²) in [5.74, 6) is 1.79. The van der Waals surface area contributed by atoms with Crippen LogP contribution in [0.3, 0.4) is 0 Å². The van der Waals surface area contributed by atoms with Crippen molar-refractivity contribution in [3.05, 3.63) is 104 Å². The number of fused-ring (bicyclic) bond motifs is 1. The van der Waals surface area contributed by atoms with Gasteiger partial charge < -0.3 is 4.42 Å². The van der Waals surface area contributed by atoms with Crippen LogP contribution in [0.1, 0.15) is 17.1 Å². The molecule has 5 rings (SSSR count). The van der Waals surface area contributed by atoms with Gasteiger partial charge in [-0.25, -0.2) is 0 Å². The maximum atomic E-state index is 12.7. The van der Waals surface area contributed by atoms with Crippen molar-refractivity contribution in [2.75, 3.05) is 0 Å². The molecule has 0 saturated heterocycles. The van der Waals surface area contributed by atoms with Crippen LogP contribution < -0.4 is 10.1 Å². The van der Waals surface area contributed by atoms with Gasteiger partial charge in [-0.1, -0.05) is 59.3 Å². The normalized spacial score (nSPS) is 12.4. The van der Waals surface area contributed by atoms with Gasteiger partial charge in [-0.3, -0.25) is 4.79 Å². The fraction of sp³-hybridized carbons (Fsp3) is 0. The highest BCUT2D eigenvalue weighted by molar-refractivity contribution is 7.15. The minimum absolute atomic E-state index is 0.216. The highest BCUT2D eigenvalue weighted by Gasteiger charge is 2.10. The minimum atomic E-state index is -0.216. The summed E-state index contributed by atoms with van der Waals surface area (Å²) >= 11 is 7.21. The van der Waals surface area contributed by atoms with Crippen LogP contribution in [0, 0.1) is 0 Å². The summed E-state index contributed by atoms with van der Waals surface area (Å²) in [7, 11) is 0. The van der Waals surface area contributed by atoms with Gasteiger partial charge >= 0.3 is 0 Å². The van der Waals surface area contributed by atoms with Crippen LogP contribution in [-0.2, 0) is 0 Å². The molecule has 0 N–H and O–H groups in total. The second-order valence-electron chi connectivity index (χ2n) is 6.53. The largest absolute Gasteiger partial charge is 0.457 e. The third kappa shape index (κ3) is 3.70. The highest BCUT2D eigenvalue weighted by Crippen LogP contribution is 2.24. The zero-order valence-corrected chi connectivity index (χ0v) is 17.1. The van der Waals surface area contributed by atoms with Crippen molar-refractivity contribution in [3.8, 4) is 11.3 Å². The average molecular weight is 432 g/mol. The van der Waals surface area contributed by atoms with Gasteiger partial charge in [0, 0.05) is 16.7 Å². The summed E-state index contributed by atoms with van der Waals surface area (Å²) in [5, 5.41) is 4.97. The van der Waals surface area contributed by atoms with E-state index in [1.165, 1.54) is 15.9 Å². The van der Waals surface area contributed by atoms with Crippen molar-refractivity contribution in [2.24, 2.45) is 0 Å². The van der Waals surface area contributed by atoms with E-state index in [4.69, 9.17) is 16.0 Å². The Kier molecular flexibility index (Phi) is 4.78. The van der Waals surface area contributed by atoms with Crippen molar-refractivity contribution in [1.82, 2.24) is 14.6 Å². The van der Waals surface area contributed by atoms with E-state index in [9.17, 15) is 4.79 Å². The molecule has 3 heterocycles. The first-order valence-corrected chi connectivity index (χ1v) is 10.4. The summed E-state index contributed by atoms with van der Waals surface area (Å²) in [4.78, 5) is 17.7. The molecule has 5 aromatic rings. The molecule has 0 saturated carbocycles. The number of aromatic nitrogens is 3. The molecule has 0 bridgehead atoms. The van der Waals surface area contributed by atoms with Gasteiger partial charge in [-0.15, -0.1) is 5.10 Å². The molecule has 5 nitrogen and oxygen atoms in total. The summed E-state index contributed by atoms with van der Waals surface area (Å²) < 4.78 is 7.70. The number of hydrogen-bond acceptors (Lipinski definition) is 5.